The zero-order valence-electron chi connectivity index (χ0n) is 41.4. The molecule has 4 aliphatic rings. The van der Waals surface area contributed by atoms with Gasteiger partial charge in [-0.3, -0.25) is 0 Å². The molecule has 0 unspecified atom stereocenters. The van der Waals surface area contributed by atoms with Crippen molar-refractivity contribution in [2.45, 2.75) is 198 Å². The van der Waals surface area contributed by atoms with Crippen LogP contribution in [0.5, 0.6) is 0 Å². The molecule has 0 bridgehead atoms. The van der Waals surface area contributed by atoms with Gasteiger partial charge in [0.2, 0.25) is 6.79 Å². The van der Waals surface area contributed by atoms with Gasteiger partial charge in [-0.15, -0.1) is 8.78 Å². The van der Waals surface area contributed by atoms with Crippen LogP contribution in [0.1, 0.15) is 186 Å². The second-order valence-electron chi connectivity index (χ2n) is 24.6. The maximum absolute atomic E-state index is 13.0. The highest BCUT2D eigenvalue weighted by molar-refractivity contribution is 5.27. The predicted octanol–water partition coefficient (Wildman–Crippen LogP) is 15.1. The van der Waals surface area contributed by atoms with Gasteiger partial charge in [0.25, 0.3) is 0 Å². The van der Waals surface area contributed by atoms with Gasteiger partial charge < -0.3 is 33.2 Å². The van der Waals surface area contributed by atoms with Crippen LogP contribution in [0.2, 0.25) is 0 Å². The quantitative estimate of drug-likeness (QED) is 0.241. The normalized spacial score (nSPS) is 20.3. The highest BCUT2D eigenvalue weighted by Crippen LogP contribution is 2.49. The largest absolute Gasteiger partial charge is 0.585 e. The smallest absolute Gasteiger partial charge is 0.491 e. The summed E-state index contributed by atoms with van der Waals surface area (Å²) >= 11 is 0. The van der Waals surface area contributed by atoms with Gasteiger partial charge >= 0.3 is 6.29 Å². The Morgan fingerprint density at radius 2 is 0.614 bits per heavy atom. The minimum Gasteiger partial charge on any atom is -0.491 e. The second-order valence-corrected chi connectivity index (χ2v) is 24.6. The molecule has 7 nitrogen and oxygen atoms in total. The molecule has 4 aliphatic heterocycles. The molecule has 0 aliphatic carbocycles. The Balaban J connectivity index is 0.000000381. The SMILES string of the molecule is CC(C)(C)C1=C(C(C)(C)C)OC(F)(F)O1.CC(C)(C)C1=C(C(C)(C)C)OCCO1.CC(C)(C)C1=C(C(C)(C)C)OCO1.CC1(C)CC(C(C)(C)C)=C(C(C)(C)C)O1. The van der Waals surface area contributed by atoms with Crippen molar-refractivity contribution in [3.8, 4) is 0 Å². The Kier molecular flexibility index (Phi) is 15.8. The Labute approximate surface area is 348 Å². The number of ether oxygens (including phenoxy) is 7. The molecule has 4 heterocycles. The van der Waals surface area contributed by atoms with E-state index >= 15 is 0 Å². The highest BCUT2D eigenvalue weighted by atomic mass is 19.3. The number of rotatable bonds is 0. The summed E-state index contributed by atoms with van der Waals surface area (Å²) in [6.45, 7) is 56.3. The molecule has 0 fully saturated rings. The molecular weight excluding hydrogens is 727 g/mol. The van der Waals surface area contributed by atoms with Gasteiger partial charge in [-0.2, -0.15) is 0 Å². The van der Waals surface area contributed by atoms with E-state index in [2.05, 4.69) is 148 Å². The van der Waals surface area contributed by atoms with Crippen LogP contribution in [-0.4, -0.2) is 31.9 Å². The van der Waals surface area contributed by atoms with Crippen molar-refractivity contribution < 1.29 is 41.9 Å². The third kappa shape index (κ3) is 15.8. The molecule has 0 aromatic rings. The van der Waals surface area contributed by atoms with E-state index in [1.165, 1.54) is 11.3 Å². The number of hydrogen-bond donors (Lipinski definition) is 0. The molecule has 9 heteroatoms. The lowest BCUT2D eigenvalue weighted by molar-refractivity contribution is -0.342. The van der Waals surface area contributed by atoms with Gasteiger partial charge in [0.1, 0.15) is 47.6 Å². The minimum atomic E-state index is -3.52. The zero-order chi connectivity index (χ0) is 45.4. The Hall–Kier alpha value is -2.58. The van der Waals surface area contributed by atoms with Crippen molar-refractivity contribution >= 4 is 0 Å². The van der Waals surface area contributed by atoms with Crippen LogP contribution in [0.15, 0.2) is 45.9 Å². The summed E-state index contributed by atoms with van der Waals surface area (Å²) in [5.41, 5.74) is 0.980. The summed E-state index contributed by atoms with van der Waals surface area (Å²) in [5.74, 6) is 5.70. The van der Waals surface area contributed by atoms with Crippen molar-refractivity contribution in [1.82, 2.24) is 0 Å². The van der Waals surface area contributed by atoms with E-state index in [0.717, 1.165) is 29.5 Å². The van der Waals surface area contributed by atoms with E-state index in [1.54, 1.807) is 0 Å². The van der Waals surface area contributed by atoms with Gasteiger partial charge in [-0.25, -0.2) is 0 Å². The first kappa shape index (κ1) is 52.4. The van der Waals surface area contributed by atoms with Crippen LogP contribution in [0.4, 0.5) is 8.78 Å². The molecule has 334 valence electrons. The molecular formula is C48H86F2O7. The zero-order valence-corrected chi connectivity index (χ0v) is 41.4. The van der Waals surface area contributed by atoms with Crippen LogP contribution in [-0.2, 0) is 33.2 Å². The summed E-state index contributed by atoms with van der Waals surface area (Å²) in [6, 6.07) is 0. The average Bonchev–Trinajstić information content (AvgIpc) is 3.67. The standard InChI is InChI=1S/C14H26O.C12H22O2.C11H18F2O2.C11H20O2/c1-12(2,3)10-9-14(7,8)15-11(10)13(4,5)6;1-11(2,3)9-10(12(4,5)6)14-8-7-13-9;1-9(2,3)7-8(10(4,5)6)15-11(12,13)14-7;1-10(2,3)8-9(11(4,5)6)13-7-12-8/h9H2,1-8H3;7-8H2,1-6H3;1-6H3;7H2,1-6H3. The number of halogens is 2. The Morgan fingerprint density at radius 3 is 0.842 bits per heavy atom. The van der Waals surface area contributed by atoms with Gasteiger partial charge in [-0.05, 0) is 24.8 Å². The molecule has 0 aromatic carbocycles. The van der Waals surface area contributed by atoms with Gasteiger partial charge in [-0.1, -0.05) is 166 Å². The summed E-state index contributed by atoms with van der Waals surface area (Å²) in [6.07, 6.45) is -2.46. The lowest BCUT2D eigenvalue weighted by Crippen LogP contribution is -2.28. The van der Waals surface area contributed by atoms with E-state index in [-0.39, 0.29) is 49.6 Å². The van der Waals surface area contributed by atoms with Crippen LogP contribution >= 0.6 is 0 Å². The third-order valence-corrected chi connectivity index (χ3v) is 8.97. The fourth-order valence-corrected chi connectivity index (χ4v) is 6.36. The lowest BCUT2D eigenvalue weighted by atomic mass is 9.78. The van der Waals surface area contributed by atoms with Gasteiger partial charge in [0.05, 0.1) is 0 Å². The highest BCUT2D eigenvalue weighted by Gasteiger charge is 2.51. The first-order chi connectivity index (χ1) is 24.8. The predicted molar refractivity (Wildman–Crippen MR) is 230 cm³/mol. The number of alkyl halides is 2. The van der Waals surface area contributed by atoms with Crippen LogP contribution in [0.3, 0.4) is 0 Å². The van der Waals surface area contributed by atoms with Crippen molar-refractivity contribution in [3.63, 3.8) is 0 Å². The molecule has 0 amide bonds. The number of hydrogen-bond acceptors (Lipinski definition) is 7. The van der Waals surface area contributed by atoms with E-state index in [1.807, 2.05) is 41.5 Å². The van der Waals surface area contributed by atoms with E-state index in [0.29, 0.717) is 20.0 Å². The summed E-state index contributed by atoms with van der Waals surface area (Å²) in [5, 5.41) is 0. The third-order valence-electron chi connectivity index (χ3n) is 8.97. The van der Waals surface area contributed by atoms with Crippen molar-refractivity contribution in [2.24, 2.45) is 43.3 Å². The Bertz CT molecular complexity index is 1330. The molecule has 4 rings (SSSR count). The molecule has 57 heavy (non-hydrogen) atoms. The summed E-state index contributed by atoms with van der Waals surface area (Å²) < 4.78 is 63.8. The molecule has 0 spiro atoms. The summed E-state index contributed by atoms with van der Waals surface area (Å²) in [7, 11) is 0. The molecule has 0 N–H and O–H groups in total. The van der Waals surface area contributed by atoms with E-state index < -0.39 is 17.1 Å². The maximum atomic E-state index is 13.0. The fraction of sp³-hybridized carbons (Fsp3) is 0.833. The first-order valence-corrected chi connectivity index (χ1v) is 20.8. The Morgan fingerprint density at radius 1 is 0.351 bits per heavy atom. The van der Waals surface area contributed by atoms with Crippen molar-refractivity contribution in [3.05, 3.63) is 45.9 Å². The average molecular weight is 813 g/mol. The summed E-state index contributed by atoms with van der Waals surface area (Å²) in [4.78, 5) is 0. The van der Waals surface area contributed by atoms with E-state index in [4.69, 9.17) is 23.7 Å². The molecule has 0 saturated carbocycles. The van der Waals surface area contributed by atoms with Crippen LogP contribution in [0, 0.1) is 43.3 Å². The molecule has 0 aromatic heterocycles. The molecule has 0 atom stereocenters. The van der Waals surface area contributed by atoms with E-state index in [9.17, 15) is 8.78 Å². The topological polar surface area (TPSA) is 64.6 Å². The van der Waals surface area contributed by atoms with Gasteiger partial charge in [0, 0.05) is 44.3 Å². The second kappa shape index (κ2) is 17.2. The number of allylic oxidation sites excluding steroid dienone is 7. The van der Waals surface area contributed by atoms with Crippen molar-refractivity contribution in [2.75, 3.05) is 20.0 Å². The van der Waals surface area contributed by atoms with Crippen LogP contribution < -0.4 is 0 Å². The molecule has 0 radical (unpaired) electrons. The maximum Gasteiger partial charge on any atom is 0.585 e. The van der Waals surface area contributed by atoms with Gasteiger partial charge in [0.15, 0.2) is 11.5 Å². The minimum absolute atomic E-state index is 0.0226. The monoisotopic (exact) mass is 813 g/mol. The molecule has 0 saturated heterocycles. The fourth-order valence-electron chi connectivity index (χ4n) is 6.36. The van der Waals surface area contributed by atoms with Crippen molar-refractivity contribution in [1.29, 1.82) is 0 Å². The lowest BCUT2D eigenvalue weighted by Gasteiger charge is -2.35. The first-order valence-electron chi connectivity index (χ1n) is 20.8. The van der Waals surface area contributed by atoms with Crippen LogP contribution in [0.25, 0.3) is 0 Å².